The second-order valence-corrected chi connectivity index (χ2v) is 23.4. The van der Waals surface area contributed by atoms with Crippen molar-refractivity contribution >= 4 is 17.9 Å². The van der Waals surface area contributed by atoms with Crippen LogP contribution in [-0.2, 0) is 28.6 Å². The lowest BCUT2D eigenvalue weighted by Gasteiger charge is -2.18. The van der Waals surface area contributed by atoms with Gasteiger partial charge in [-0.15, -0.1) is 0 Å². The number of hydrogen-bond acceptors (Lipinski definition) is 6. The van der Waals surface area contributed by atoms with Crippen LogP contribution in [0.3, 0.4) is 0 Å². The summed E-state index contributed by atoms with van der Waals surface area (Å²) in [5, 5.41) is 0. The molecule has 0 aromatic rings. The highest BCUT2D eigenvalue weighted by molar-refractivity contribution is 5.71. The van der Waals surface area contributed by atoms with Crippen molar-refractivity contribution in [2.24, 2.45) is 0 Å². The Morgan fingerprint density at radius 1 is 0.253 bits per heavy atom. The van der Waals surface area contributed by atoms with E-state index >= 15 is 0 Å². The van der Waals surface area contributed by atoms with Gasteiger partial charge in [-0.25, -0.2) is 0 Å². The summed E-state index contributed by atoms with van der Waals surface area (Å²) < 4.78 is 17.0. The molecule has 0 radical (unpaired) electrons. The first-order valence-electron chi connectivity index (χ1n) is 35.4. The topological polar surface area (TPSA) is 78.9 Å². The van der Waals surface area contributed by atoms with Gasteiger partial charge in [-0.1, -0.05) is 329 Å². The van der Waals surface area contributed by atoms with E-state index in [1.807, 2.05) is 0 Å². The third-order valence-corrected chi connectivity index (χ3v) is 15.3. The summed E-state index contributed by atoms with van der Waals surface area (Å²) in [6, 6.07) is 0. The molecule has 0 aliphatic heterocycles. The highest BCUT2D eigenvalue weighted by atomic mass is 16.6. The van der Waals surface area contributed by atoms with Gasteiger partial charge >= 0.3 is 17.9 Å². The molecule has 0 spiro atoms. The molecule has 0 saturated heterocycles. The summed E-state index contributed by atoms with van der Waals surface area (Å²) in [7, 11) is 0. The summed E-state index contributed by atoms with van der Waals surface area (Å²) in [6.45, 7) is 6.45. The van der Waals surface area contributed by atoms with Gasteiger partial charge in [0.1, 0.15) is 13.2 Å². The van der Waals surface area contributed by atoms with Gasteiger partial charge in [0.2, 0.25) is 0 Å². The zero-order valence-electron chi connectivity index (χ0n) is 54.7. The molecular formula is C77H132O6. The normalized spacial score (nSPS) is 12.8. The van der Waals surface area contributed by atoms with Crippen LogP contribution in [-0.4, -0.2) is 37.2 Å². The number of carbonyl (C=O) groups excluding carboxylic acids is 3. The van der Waals surface area contributed by atoms with Gasteiger partial charge in [0.05, 0.1) is 0 Å². The fraction of sp³-hybridized carbons (Fsp3) is 0.727. The van der Waals surface area contributed by atoms with Crippen LogP contribution in [0.5, 0.6) is 0 Å². The van der Waals surface area contributed by atoms with Crippen molar-refractivity contribution < 1.29 is 28.6 Å². The van der Waals surface area contributed by atoms with E-state index in [0.717, 1.165) is 122 Å². The molecule has 0 aromatic heterocycles. The second-order valence-electron chi connectivity index (χ2n) is 23.4. The largest absolute Gasteiger partial charge is 0.462 e. The van der Waals surface area contributed by atoms with Gasteiger partial charge in [-0.2, -0.15) is 0 Å². The zero-order chi connectivity index (χ0) is 59.9. The van der Waals surface area contributed by atoms with E-state index in [9.17, 15) is 14.4 Å². The lowest BCUT2D eigenvalue weighted by molar-refractivity contribution is -0.167. The van der Waals surface area contributed by atoms with Crippen LogP contribution in [0.1, 0.15) is 342 Å². The molecular weight excluding hydrogens is 1020 g/mol. The summed E-state index contributed by atoms with van der Waals surface area (Å²) >= 11 is 0. The van der Waals surface area contributed by atoms with E-state index in [0.29, 0.717) is 19.3 Å². The standard InChI is InChI=1S/C77H132O6/c1-4-7-10-13-16-19-22-25-28-31-33-34-35-36-37-38-39-40-41-42-44-46-49-52-55-58-61-64-67-70-76(79)82-73-74(72-81-75(78)69-66-63-60-57-54-51-48-45-30-27-24-21-18-15-12-9-6-3)83-77(80)71-68-65-62-59-56-53-50-47-43-32-29-26-23-20-17-14-11-8-5-2/h7,9-10,12,16,18-19,21,25,27-28,30,33-34,36-37,39-40,74H,4-6,8,11,13-15,17,20,22-24,26,29,31-32,35,38,41-73H2,1-3H3/b10-7-,12-9-,19-16-,21-18-,28-25-,30-27-,34-33-,37-36-,40-39-. The fourth-order valence-corrected chi connectivity index (χ4v) is 10.1. The molecule has 0 rings (SSSR count). The van der Waals surface area contributed by atoms with E-state index in [-0.39, 0.29) is 31.1 Å². The molecule has 0 saturated carbocycles. The van der Waals surface area contributed by atoms with Crippen LogP contribution in [0.2, 0.25) is 0 Å². The predicted octanol–water partition coefficient (Wildman–Crippen LogP) is 24.6. The molecule has 0 aliphatic rings. The molecule has 476 valence electrons. The SMILES string of the molecule is CC/C=C\C/C=C\C/C=C\C/C=C\C/C=C\C/C=C\CCCCCCCCCCCCC(=O)OCC(COC(=O)CCCCCCCCC/C=C\C/C=C\C/C=C\CC)OC(=O)CCCCCCCCCCCCCCCCCCCCC. The molecule has 83 heavy (non-hydrogen) atoms. The van der Waals surface area contributed by atoms with Gasteiger partial charge in [0.15, 0.2) is 6.10 Å². The number of hydrogen-bond donors (Lipinski definition) is 0. The minimum atomic E-state index is -0.785. The molecule has 1 unspecified atom stereocenters. The Morgan fingerprint density at radius 2 is 0.470 bits per heavy atom. The Hall–Kier alpha value is -3.93. The maximum absolute atomic E-state index is 13.0. The van der Waals surface area contributed by atoms with Gasteiger partial charge in [-0.3, -0.25) is 14.4 Å². The highest BCUT2D eigenvalue weighted by Crippen LogP contribution is 2.17. The lowest BCUT2D eigenvalue weighted by Crippen LogP contribution is -2.30. The van der Waals surface area contributed by atoms with Crippen LogP contribution in [0.15, 0.2) is 109 Å². The van der Waals surface area contributed by atoms with E-state index in [2.05, 4.69) is 130 Å². The van der Waals surface area contributed by atoms with Crippen molar-refractivity contribution in [2.45, 2.75) is 348 Å². The molecule has 6 nitrogen and oxygen atoms in total. The Balaban J connectivity index is 4.33. The number of carbonyl (C=O) groups is 3. The van der Waals surface area contributed by atoms with Gasteiger partial charge in [0.25, 0.3) is 0 Å². The maximum atomic E-state index is 13.0. The van der Waals surface area contributed by atoms with Crippen molar-refractivity contribution in [1.82, 2.24) is 0 Å². The zero-order valence-corrected chi connectivity index (χ0v) is 54.7. The van der Waals surface area contributed by atoms with Crippen molar-refractivity contribution in [2.75, 3.05) is 13.2 Å². The molecule has 0 bridgehead atoms. The molecule has 1 atom stereocenters. The van der Waals surface area contributed by atoms with E-state index in [1.54, 1.807) is 0 Å². The first-order valence-corrected chi connectivity index (χ1v) is 35.4. The van der Waals surface area contributed by atoms with Gasteiger partial charge in [-0.05, 0) is 103 Å². The van der Waals surface area contributed by atoms with Crippen molar-refractivity contribution in [3.8, 4) is 0 Å². The number of unbranched alkanes of at least 4 members (excludes halogenated alkanes) is 35. The monoisotopic (exact) mass is 1150 g/mol. The number of allylic oxidation sites excluding steroid dienone is 18. The smallest absolute Gasteiger partial charge is 0.306 e. The summed E-state index contributed by atoms with van der Waals surface area (Å²) in [4.78, 5) is 38.5. The predicted molar refractivity (Wildman–Crippen MR) is 362 cm³/mol. The van der Waals surface area contributed by atoms with Crippen LogP contribution in [0.25, 0.3) is 0 Å². The Kier molecular flexibility index (Phi) is 67.2. The average Bonchev–Trinajstić information content (AvgIpc) is 3.49. The fourth-order valence-electron chi connectivity index (χ4n) is 10.1. The Bertz CT molecular complexity index is 1660. The molecule has 0 N–H and O–H groups in total. The second kappa shape index (κ2) is 70.6. The Labute approximate surface area is 514 Å². The Morgan fingerprint density at radius 3 is 0.735 bits per heavy atom. The average molecular weight is 1150 g/mol. The first kappa shape index (κ1) is 79.1. The maximum Gasteiger partial charge on any atom is 0.306 e. The van der Waals surface area contributed by atoms with Gasteiger partial charge in [0, 0.05) is 19.3 Å². The minimum Gasteiger partial charge on any atom is -0.462 e. The summed E-state index contributed by atoms with van der Waals surface area (Å²) in [6.07, 6.45) is 96.8. The first-order chi connectivity index (χ1) is 41.0. The third kappa shape index (κ3) is 68.7. The molecule has 0 amide bonds. The molecule has 0 aliphatic carbocycles. The summed E-state index contributed by atoms with van der Waals surface area (Å²) in [5.41, 5.74) is 0. The number of ether oxygens (including phenoxy) is 3. The van der Waals surface area contributed by atoms with E-state index in [4.69, 9.17) is 14.2 Å². The highest BCUT2D eigenvalue weighted by Gasteiger charge is 2.19. The van der Waals surface area contributed by atoms with Crippen LogP contribution < -0.4 is 0 Å². The molecule has 0 aromatic carbocycles. The van der Waals surface area contributed by atoms with E-state index in [1.165, 1.54) is 180 Å². The van der Waals surface area contributed by atoms with Crippen LogP contribution in [0.4, 0.5) is 0 Å². The van der Waals surface area contributed by atoms with Crippen molar-refractivity contribution in [3.63, 3.8) is 0 Å². The number of esters is 3. The summed E-state index contributed by atoms with van der Waals surface area (Å²) in [5.74, 6) is -0.878. The van der Waals surface area contributed by atoms with Crippen LogP contribution >= 0.6 is 0 Å². The minimum absolute atomic E-state index is 0.0811. The van der Waals surface area contributed by atoms with Crippen molar-refractivity contribution in [3.05, 3.63) is 109 Å². The molecule has 0 heterocycles. The van der Waals surface area contributed by atoms with Gasteiger partial charge < -0.3 is 14.2 Å². The van der Waals surface area contributed by atoms with Crippen LogP contribution in [0, 0.1) is 0 Å². The van der Waals surface area contributed by atoms with Crippen molar-refractivity contribution in [1.29, 1.82) is 0 Å². The van der Waals surface area contributed by atoms with E-state index < -0.39 is 6.10 Å². The molecule has 6 heteroatoms. The third-order valence-electron chi connectivity index (χ3n) is 15.3. The quantitative estimate of drug-likeness (QED) is 0.0261. The number of rotatable bonds is 64. The molecule has 0 fully saturated rings. The lowest BCUT2D eigenvalue weighted by atomic mass is 10.0.